The number of hydrogen-bond acceptors (Lipinski definition) is 3. The van der Waals surface area contributed by atoms with Gasteiger partial charge in [0.25, 0.3) is 0 Å². The van der Waals surface area contributed by atoms with Crippen LogP contribution in [-0.2, 0) is 6.42 Å². The second-order valence-corrected chi connectivity index (χ2v) is 3.68. The SMILES string of the molecule is CCc1ncn(-c2ccc(OC)cc2Cl)n1. The smallest absolute Gasteiger partial charge is 0.150 e. The van der Waals surface area contributed by atoms with Crippen LogP contribution in [0.3, 0.4) is 0 Å². The summed E-state index contributed by atoms with van der Waals surface area (Å²) in [5.41, 5.74) is 0.801. The lowest BCUT2D eigenvalue weighted by Gasteiger charge is -2.05. The minimum atomic E-state index is 0.590. The second-order valence-electron chi connectivity index (χ2n) is 3.28. The van der Waals surface area contributed by atoms with Crippen LogP contribution in [0.1, 0.15) is 12.7 Å². The van der Waals surface area contributed by atoms with Crippen molar-refractivity contribution < 1.29 is 4.74 Å². The van der Waals surface area contributed by atoms with Crippen molar-refractivity contribution in [2.45, 2.75) is 13.3 Å². The molecule has 0 unspecified atom stereocenters. The molecule has 0 N–H and O–H groups in total. The first-order valence-corrected chi connectivity index (χ1v) is 5.37. The lowest BCUT2D eigenvalue weighted by molar-refractivity contribution is 0.414. The minimum absolute atomic E-state index is 0.590. The van der Waals surface area contributed by atoms with Gasteiger partial charge in [0.05, 0.1) is 17.8 Å². The lowest BCUT2D eigenvalue weighted by Crippen LogP contribution is -1.97. The summed E-state index contributed by atoms with van der Waals surface area (Å²) in [6.45, 7) is 2.01. The lowest BCUT2D eigenvalue weighted by atomic mass is 10.3. The number of aromatic nitrogens is 3. The Morgan fingerprint density at radius 1 is 1.44 bits per heavy atom. The molecule has 0 fully saturated rings. The Hall–Kier alpha value is -1.55. The zero-order valence-corrected chi connectivity index (χ0v) is 9.90. The molecule has 0 amide bonds. The molecule has 2 rings (SSSR count). The van der Waals surface area contributed by atoms with Gasteiger partial charge in [-0.15, -0.1) is 0 Å². The Morgan fingerprint density at radius 3 is 2.81 bits per heavy atom. The molecule has 0 bridgehead atoms. The highest BCUT2D eigenvalue weighted by molar-refractivity contribution is 6.32. The maximum atomic E-state index is 6.13. The van der Waals surface area contributed by atoms with E-state index in [2.05, 4.69) is 10.1 Å². The number of benzene rings is 1. The summed E-state index contributed by atoms with van der Waals surface area (Å²) < 4.78 is 6.75. The molecule has 1 aromatic carbocycles. The fourth-order valence-corrected chi connectivity index (χ4v) is 1.63. The first-order chi connectivity index (χ1) is 7.74. The summed E-state index contributed by atoms with van der Waals surface area (Å²) in [5, 5.41) is 4.89. The van der Waals surface area contributed by atoms with Crippen molar-refractivity contribution in [2.24, 2.45) is 0 Å². The molecule has 4 nitrogen and oxygen atoms in total. The van der Waals surface area contributed by atoms with Crippen LogP contribution in [0.4, 0.5) is 0 Å². The number of nitrogens with zero attached hydrogens (tertiary/aromatic N) is 3. The van der Waals surface area contributed by atoms with Gasteiger partial charge in [0, 0.05) is 12.5 Å². The molecule has 0 atom stereocenters. The molecule has 0 spiro atoms. The molecule has 16 heavy (non-hydrogen) atoms. The summed E-state index contributed by atoms with van der Waals surface area (Å²) in [6.07, 6.45) is 2.47. The van der Waals surface area contributed by atoms with E-state index in [1.54, 1.807) is 24.2 Å². The van der Waals surface area contributed by atoms with Crippen molar-refractivity contribution in [3.05, 3.63) is 35.4 Å². The number of ether oxygens (including phenoxy) is 1. The van der Waals surface area contributed by atoms with E-state index in [1.165, 1.54) is 0 Å². The molecular weight excluding hydrogens is 226 g/mol. The number of rotatable bonds is 3. The standard InChI is InChI=1S/C11H12ClN3O/c1-3-11-13-7-15(14-11)10-5-4-8(16-2)6-9(10)12/h4-7H,3H2,1-2H3. The first-order valence-electron chi connectivity index (χ1n) is 4.99. The average molecular weight is 238 g/mol. The van der Waals surface area contributed by atoms with Gasteiger partial charge in [-0.25, -0.2) is 9.67 Å². The van der Waals surface area contributed by atoms with E-state index in [1.807, 2.05) is 19.1 Å². The molecule has 0 radical (unpaired) electrons. The van der Waals surface area contributed by atoms with Crippen molar-refractivity contribution in [3.63, 3.8) is 0 Å². The summed E-state index contributed by atoms with van der Waals surface area (Å²) in [4.78, 5) is 4.16. The largest absolute Gasteiger partial charge is 0.497 e. The van der Waals surface area contributed by atoms with Crippen LogP contribution in [0.2, 0.25) is 5.02 Å². The predicted octanol–water partition coefficient (Wildman–Crippen LogP) is 2.49. The molecule has 1 heterocycles. The van der Waals surface area contributed by atoms with Crippen molar-refractivity contribution >= 4 is 11.6 Å². The van der Waals surface area contributed by atoms with E-state index < -0.39 is 0 Å². The zero-order valence-electron chi connectivity index (χ0n) is 9.14. The fraction of sp³-hybridized carbons (Fsp3) is 0.273. The van der Waals surface area contributed by atoms with Crippen molar-refractivity contribution in [2.75, 3.05) is 7.11 Å². The van der Waals surface area contributed by atoms with Crippen molar-refractivity contribution in [3.8, 4) is 11.4 Å². The van der Waals surface area contributed by atoms with E-state index in [0.29, 0.717) is 5.02 Å². The maximum Gasteiger partial charge on any atom is 0.150 e. The number of hydrogen-bond donors (Lipinski definition) is 0. The monoisotopic (exact) mass is 237 g/mol. The van der Waals surface area contributed by atoms with Gasteiger partial charge in [0.2, 0.25) is 0 Å². The molecule has 0 aliphatic heterocycles. The first kappa shape index (κ1) is 11.0. The van der Waals surface area contributed by atoms with Crippen molar-refractivity contribution in [1.29, 1.82) is 0 Å². The highest BCUT2D eigenvalue weighted by atomic mass is 35.5. The molecule has 0 saturated carbocycles. The third kappa shape index (κ3) is 2.02. The van der Waals surface area contributed by atoms with Crippen LogP contribution in [0.15, 0.2) is 24.5 Å². The summed E-state index contributed by atoms with van der Waals surface area (Å²) in [6, 6.07) is 5.45. The van der Waals surface area contributed by atoms with Crippen LogP contribution in [0.5, 0.6) is 5.75 Å². The highest BCUT2D eigenvalue weighted by Crippen LogP contribution is 2.24. The Balaban J connectivity index is 2.40. The van der Waals surface area contributed by atoms with Gasteiger partial charge in [-0.2, -0.15) is 5.10 Å². The second kappa shape index (κ2) is 4.53. The molecular formula is C11H12ClN3O. The predicted molar refractivity (Wildman–Crippen MR) is 62.3 cm³/mol. The summed E-state index contributed by atoms with van der Waals surface area (Å²) >= 11 is 6.13. The van der Waals surface area contributed by atoms with E-state index in [0.717, 1.165) is 23.7 Å². The summed E-state index contributed by atoms with van der Waals surface area (Å²) in [5.74, 6) is 1.52. The van der Waals surface area contributed by atoms with Crippen LogP contribution < -0.4 is 4.74 Å². The Morgan fingerprint density at radius 2 is 2.25 bits per heavy atom. The van der Waals surface area contributed by atoms with Gasteiger partial charge >= 0.3 is 0 Å². The van der Waals surface area contributed by atoms with Gasteiger partial charge in [0.15, 0.2) is 5.82 Å². The van der Waals surface area contributed by atoms with Crippen LogP contribution in [-0.4, -0.2) is 21.9 Å². The van der Waals surface area contributed by atoms with E-state index in [-0.39, 0.29) is 0 Å². The molecule has 1 aromatic heterocycles. The van der Waals surface area contributed by atoms with Gasteiger partial charge in [-0.1, -0.05) is 18.5 Å². The quantitative estimate of drug-likeness (QED) is 0.824. The van der Waals surface area contributed by atoms with Crippen LogP contribution in [0.25, 0.3) is 5.69 Å². The minimum Gasteiger partial charge on any atom is -0.497 e. The number of halogens is 1. The third-order valence-electron chi connectivity index (χ3n) is 2.26. The Bertz CT molecular complexity index is 496. The normalized spacial score (nSPS) is 10.4. The van der Waals surface area contributed by atoms with Gasteiger partial charge in [0.1, 0.15) is 12.1 Å². The van der Waals surface area contributed by atoms with E-state index in [9.17, 15) is 0 Å². The maximum absolute atomic E-state index is 6.13. The molecule has 2 aromatic rings. The molecule has 5 heteroatoms. The number of aryl methyl sites for hydroxylation is 1. The van der Waals surface area contributed by atoms with Gasteiger partial charge in [-0.05, 0) is 12.1 Å². The Labute approximate surface area is 98.8 Å². The Kier molecular flexibility index (Phi) is 3.10. The molecule has 0 aliphatic rings. The van der Waals surface area contributed by atoms with Crippen LogP contribution in [0, 0.1) is 0 Å². The highest BCUT2D eigenvalue weighted by Gasteiger charge is 2.06. The fourth-order valence-electron chi connectivity index (χ4n) is 1.38. The topological polar surface area (TPSA) is 39.9 Å². The number of methoxy groups -OCH3 is 1. The van der Waals surface area contributed by atoms with Gasteiger partial charge < -0.3 is 4.74 Å². The van der Waals surface area contributed by atoms with Gasteiger partial charge in [-0.3, -0.25) is 0 Å². The van der Waals surface area contributed by atoms with Crippen LogP contribution >= 0.6 is 11.6 Å². The van der Waals surface area contributed by atoms with Crippen molar-refractivity contribution in [1.82, 2.24) is 14.8 Å². The van der Waals surface area contributed by atoms with E-state index in [4.69, 9.17) is 16.3 Å². The zero-order chi connectivity index (χ0) is 11.5. The molecule has 0 aliphatic carbocycles. The average Bonchev–Trinajstić information content (AvgIpc) is 2.77. The summed E-state index contributed by atoms with van der Waals surface area (Å²) in [7, 11) is 1.61. The molecule has 0 saturated heterocycles. The third-order valence-corrected chi connectivity index (χ3v) is 2.56. The molecule has 84 valence electrons. The van der Waals surface area contributed by atoms with E-state index >= 15 is 0 Å².